The zero-order chi connectivity index (χ0) is 18.1. The lowest BCUT2D eigenvalue weighted by Crippen LogP contribution is -2.30. The number of hydrogen-bond acceptors (Lipinski definition) is 5. The van der Waals surface area contributed by atoms with Crippen LogP contribution >= 0.6 is 11.3 Å². The molecule has 1 N–H and O–H groups in total. The van der Waals surface area contributed by atoms with Crippen molar-refractivity contribution in [3.63, 3.8) is 0 Å². The summed E-state index contributed by atoms with van der Waals surface area (Å²) in [6.45, 7) is 8.13. The molecule has 24 heavy (non-hydrogen) atoms. The summed E-state index contributed by atoms with van der Waals surface area (Å²) in [6.07, 6.45) is 1.46. The first-order valence-electron chi connectivity index (χ1n) is 7.62. The minimum atomic E-state index is -3.59. The number of sulfonamides is 1. The normalized spacial score (nSPS) is 11.9. The summed E-state index contributed by atoms with van der Waals surface area (Å²) >= 11 is 1.39. The summed E-state index contributed by atoms with van der Waals surface area (Å²) < 4.78 is 28.0. The van der Waals surface area contributed by atoms with E-state index in [1.165, 1.54) is 32.5 Å². The van der Waals surface area contributed by atoms with Crippen LogP contribution in [0.15, 0.2) is 17.2 Å². The lowest BCUT2D eigenvalue weighted by atomic mass is 10.4. The van der Waals surface area contributed by atoms with Crippen molar-refractivity contribution in [2.45, 2.75) is 32.6 Å². The van der Waals surface area contributed by atoms with Crippen LogP contribution in [0.5, 0.6) is 0 Å². The zero-order valence-corrected chi connectivity index (χ0v) is 16.1. The highest BCUT2D eigenvalue weighted by molar-refractivity contribution is 7.89. The fourth-order valence-corrected chi connectivity index (χ4v) is 4.64. The molecule has 0 aliphatic carbocycles. The molecule has 0 saturated carbocycles. The van der Waals surface area contributed by atoms with Crippen LogP contribution in [-0.2, 0) is 17.1 Å². The zero-order valence-electron chi connectivity index (χ0n) is 14.5. The molecule has 0 atom stereocenters. The largest absolute Gasteiger partial charge is 0.345 e. The van der Waals surface area contributed by atoms with E-state index >= 15 is 0 Å². The molecule has 7 nitrogen and oxygen atoms in total. The molecule has 132 valence electrons. The lowest BCUT2D eigenvalue weighted by Gasteiger charge is -2.17. The molecule has 9 heteroatoms. The second-order valence-corrected chi connectivity index (χ2v) is 8.52. The maximum Gasteiger partial charge on any atom is 0.274 e. The molecule has 2 aromatic rings. The van der Waals surface area contributed by atoms with E-state index in [1.807, 2.05) is 13.8 Å². The van der Waals surface area contributed by atoms with Crippen molar-refractivity contribution in [3.05, 3.63) is 28.5 Å². The SMILES string of the molecule is CCN(CC)S(=O)(=O)c1cc(C(=O)Nc2nc(C)c(C)s2)n(C)c1. The number of rotatable bonds is 6. The Morgan fingerprint density at radius 1 is 1.33 bits per heavy atom. The lowest BCUT2D eigenvalue weighted by molar-refractivity contribution is 0.101. The average molecular weight is 371 g/mol. The Morgan fingerprint density at radius 2 is 1.96 bits per heavy atom. The van der Waals surface area contributed by atoms with Gasteiger partial charge in [0.15, 0.2) is 5.13 Å². The molecule has 0 aliphatic rings. The van der Waals surface area contributed by atoms with Crippen LogP contribution in [0.4, 0.5) is 5.13 Å². The van der Waals surface area contributed by atoms with Crippen LogP contribution < -0.4 is 5.32 Å². The van der Waals surface area contributed by atoms with Gasteiger partial charge in [0, 0.05) is 31.2 Å². The highest BCUT2D eigenvalue weighted by atomic mass is 32.2. The molecule has 2 heterocycles. The van der Waals surface area contributed by atoms with Crippen LogP contribution in [-0.4, -0.2) is 41.3 Å². The summed E-state index contributed by atoms with van der Waals surface area (Å²) in [4.78, 5) is 17.8. The molecule has 2 aromatic heterocycles. The van der Waals surface area contributed by atoms with Gasteiger partial charge in [-0.25, -0.2) is 13.4 Å². The van der Waals surface area contributed by atoms with Gasteiger partial charge in [0.1, 0.15) is 10.6 Å². The molecular weight excluding hydrogens is 348 g/mol. The molecule has 0 bridgehead atoms. The monoisotopic (exact) mass is 370 g/mol. The van der Waals surface area contributed by atoms with Crippen molar-refractivity contribution in [1.82, 2.24) is 13.9 Å². The molecule has 0 unspecified atom stereocenters. The number of amides is 1. The number of nitrogens with one attached hydrogen (secondary N) is 1. The van der Waals surface area contributed by atoms with E-state index in [-0.39, 0.29) is 16.5 Å². The van der Waals surface area contributed by atoms with Gasteiger partial charge >= 0.3 is 0 Å². The summed E-state index contributed by atoms with van der Waals surface area (Å²) in [7, 11) is -1.95. The van der Waals surface area contributed by atoms with Gasteiger partial charge in [-0.1, -0.05) is 13.8 Å². The van der Waals surface area contributed by atoms with E-state index in [2.05, 4.69) is 10.3 Å². The van der Waals surface area contributed by atoms with Gasteiger partial charge < -0.3 is 4.57 Å². The summed E-state index contributed by atoms with van der Waals surface area (Å²) in [6, 6.07) is 1.40. The van der Waals surface area contributed by atoms with Crippen molar-refractivity contribution < 1.29 is 13.2 Å². The number of carbonyl (C=O) groups is 1. The van der Waals surface area contributed by atoms with E-state index in [1.54, 1.807) is 20.9 Å². The van der Waals surface area contributed by atoms with E-state index in [0.717, 1.165) is 10.6 Å². The maximum absolute atomic E-state index is 12.6. The fraction of sp³-hybridized carbons (Fsp3) is 0.467. The first-order chi connectivity index (χ1) is 11.2. The Hall–Kier alpha value is -1.71. The Labute approximate surface area is 146 Å². The van der Waals surface area contributed by atoms with Crippen molar-refractivity contribution in [1.29, 1.82) is 0 Å². The highest BCUT2D eigenvalue weighted by Gasteiger charge is 2.25. The number of nitrogens with zero attached hydrogens (tertiary/aromatic N) is 3. The quantitative estimate of drug-likeness (QED) is 0.846. The standard InChI is InChI=1S/C15H22N4O3S2/c1-6-19(7-2)24(21,22)12-8-13(18(5)9-12)14(20)17-15-16-10(3)11(4)23-15/h8-9H,6-7H2,1-5H3,(H,16,17,20). The van der Waals surface area contributed by atoms with Crippen LogP contribution in [0.3, 0.4) is 0 Å². The maximum atomic E-state index is 12.6. The Kier molecular flexibility index (Phi) is 5.46. The summed E-state index contributed by atoms with van der Waals surface area (Å²) in [5.41, 5.74) is 1.14. The first kappa shape index (κ1) is 18.6. The van der Waals surface area contributed by atoms with Gasteiger partial charge in [-0.3, -0.25) is 10.1 Å². The van der Waals surface area contributed by atoms with E-state index in [0.29, 0.717) is 18.2 Å². The van der Waals surface area contributed by atoms with Gasteiger partial charge in [0.25, 0.3) is 5.91 Å². The minimum Gasteiger partial charge on any atom is -0.345 e. The number of aryl methyl sites for hydroxylation is 3. The molecule has 2 rings (SSSR count). The molecular formula is C15H22N4O3S2. The molecule has 0 saturated heterocycles. The molecule has 0 fully saturated rings. The van der Waals surface area contributed by atoms with Crippen LogP contribution in [0, 0.1) is 13.8 Å². The summed E-state index contributed by atoms with van der Waals surface area (Å²) in [5, 5.41) is 3.23. The Morgan fingerprint density at radius 3 is 2.46 bits per heavy atom. The first-order valence-corrected chi connectivity index (χ1v) is 9.88. The van der Waals surface area contributed by atoms with Crippen molar-refractivity contribution in [2.24, 2.45) is 7.05 Å². The predicted octanol–water partition coefficient (Wildman–Crippen LogP) is 2.38. The fourth-order valence-electron chi connectivity index (χ4n) is 2.30. The van der Waals surface area contributed by atoms with E-state index in [4.69, 9.17) is 0 Å². The minimum absolute atomic E-state index is 0.116. The number of hydrogen-bond donors (Lipinski definition) is 1. The van der Waals surface area contributed by atoms with Crippen LogP contribution in [0.2, 0.25) is 0 Å². The van der Waals surface area contributed by atoms with Crippen LogP contribution in [0.1, 0.15) is 34.9 Å². The second-order valence-electron chi connectivity index (χ2n) is 5.38. The summed E-state index contributed by atoms with van der Waals surface area (Å²) in [5.74, 6) is -0.382. The van der Waals surface area contributed by atoms with Crippen molar-refractivity contribution in [2.75, 3.05) is 18.4 Å². The van der Waals surface area contributed by atoms with Crippen molar-refractivity contribution >= 4 is 32.4 Å². The molecule has 1 amide bonds. The van der Waals surface area contributed by atoms with Gasteiger partial charge in [-0.2, -0.15) is 4.31 Å². The molecule has 0 radical (unpaired) electrons. The second kappa shape index (κ2) is 7.04. The number of anilines is 1. The topological polar surface area (TPSA) is 84.3 Å². The van der Waals surface area contributed by atoms with Gasteiger partial charge in [-0.15, -0.1) is 11.3 Å². The smallest absolute Gasteiger partial charge is 0.274 e. The molecule has 0 spiro atoms. The van der Waals surface area contributed by atoms with Crippen LogP contribution in [0.25, 0.3) is 0 Å². The Balaban J connectivity index is 2.29. The van der Waals surface area contributed by atoms with E-state index in [9.17, 15) is 13.2 Å². The third-order valence-electron chi connectivity index (χ3n) is 3.80. The third-order valence-corrected chi connectivity index (χ3v) is 6.81. The van der Waals surface area contributed by atoms with E-state index < -0.39 is 10.0 Å². The van der Waals surface area contributed by atoms with Gasteiger partial charge in [0.2, 0.25) is 10.0 Å². The van der Waals surface area contributed by atoms with Gasteiger partial charge in [-0.05, 0) is 19.9 Å². The van der Waals surface area contributed by atoms with Gasteiger partial charge in [0.05, 0.1) is 5.69 Å². The van der Waals surface area contributed by atoms with Crippen molar-refractivity contribution in [3.8, 4) is 0 Å². The molecule has 0 aromatic carbocycles. The average Bonchev–Trinajstić information content (AvgIpc) is 3.03. The number of aromatic nitrogens is 2. The third kappa shape index (κ3) is 3.52. The Bertz CT molecular complexity index is 829. The number of carbonyl (C=O) groups excluding carboxylic acids is 1. The number of thiazole rings is 1. The molecule has 0 aliphatic heterocycles. The predicted molar refractivity (Wildman–Crippen MR) is 95.1 cm³/mol. The highest BCUT2D eigenvalue weighted by Crippen LogP contribution is 2.23.